The van der Waals surface area contributed by atoms with Gasteiger partial charge in [0.25, 0.3) is 0 Å². The van der Waals surface area contributed by atoms with E-state index in [1.165, 1.54) is 36.3 Å². The van der Waals surface area contributed by atoms with Crippen LogP contribution in [0.4, 0.5) is 4.79 Å². The van der Waals surface area contributed by atoms with Crippen molar-refractivity contribution in [3.8, 4) is 11.1 Å². The Morgan fingerprint density at radius 1 is 0.674 bits per heavy atom. The lowest BCUT2D eigenvalue weighted by Crippen LogP contribution is -2.43. The van der Waals surface area contributed by atoms with Gasteiger partial charge in [-0.05, 0) is 22.3 Å². The van der Waals surface area contributed by atoms with E-state index in [4.69, 9.17) is 33.2 Å². The average Bonchev–Trinajstić information content (AvgIpc) is 3.38. The van der Waals surface area contributed by atoms with Crippen LogP contribution in [0.15, 0.2) is 48.5 Å². The normalized spacial score (nSPS) is 12.7. The van der Waals surface area contributed by atoms with Crippen LogP contribution >= 0.6 is 0 Å². The van der Waals surface area contributed by atoms with E-state index in [1.807, 2.05) is 24.3 Å². The Kier molecular flexibility index (Phi) is 17.7. The maximum Gasteiger partial charge on any atom is 0.407 e. The zero-order valence-corrected chi connectivity index (χ0v) is 26.7. The first-order chi connectivity index (χ1) is 22.5. The molecule has 13 nitrogen and oxygen atoms in total. The summed E-state index contributed by atoms with van der Waals surface area (Å²) in [6, 6.07) is 15.6. The Morgan fingerprint density at radius 3 is 1.61 bits per heavy atom. The van der Waals surface area contributed by atoms with Gasteiger partial charge in [-0.2, -0.15) is 0 Å². The molecule has 0 aliphatic heterocycles. The van der Waals surface area contributed by atoms with Crippen LogP contribution in [0.5, 0.6) is 0 Å². The monoisotopic (exact) mass is 646 g/mol. The first kappa shape index (κ1) is 36.9. The van der Waals surface area contributed by atoms with Gasteiger partial charge in [0.05, 0.1) is 86.4 Å². The Balaban J connectivity index is 1.05. The molecular formula is C33H46N2O11. The molecule has 0 aromatic heterocycles. The van der Waals surface area contributed by atoms with Crippen molar-refractivity contribution in [2.24, 2.45) is 0 Å². The summed E-state index contributed by atoms with van der Waals surface area (Å²) in [7, 11) is 1.25. The number of hydrogen-bond donors (Lipinski definition) is 2. The van der Waals surface area contributed by atoms with Gasteiger partial charge in [0, 0.05) is 19.4 Å². The first-order valence-electron chi connectivity index (χ1n) is 15.4. The van der Waals surface area contributed by atoms with Crippen molar-refractivity contribution in [1.82, 2.24) is 10.6 Å². The van der Waals surface area contributed by atoms with E-state index in [0.29, 0.717) is 72.6 Å². The minimum Gasteiger partial charge on any atom is -0.467 e. The third-order valence-electron chi connectivity index (χ3n) is 6.87. The van der Waals surface area contributed by atoms with Crippen LogP contribution < -0.4 is 10.6 Å². The van der Waals surface area contributed by atoms with E-state index in [-0.39, 0.29) is 31.6 Å². The van der Waals surface area contributed by atoms with Crippen molar-refractivity contribution in [2.75, 3.05) is 99.5 Å². The van der Waals surface area contributed by atoms with Crippen molar-refractivity contribution in [2.45, 2.75) is 18.9 Å². The maximum absolute atomic E-state index is 12.2. The molecule has 1 aliphatic carbocycles. The number of rotatable bonds is 24. The second-order valence-corrected chi connectivity index (χ2v) is 10.2. The fourth-order valence-corrected chi connectivity index (χ4v) is 4.73. The number of amides is 2. The number of benzene rings is 2. The van der Waals surface area contributed by atoms with Gasteiger partial charge < -0.3 is 48.5 Å². The van der Waals surface area contributed by atoms with Gasteiger partial charge in [-0.25, -0.2) is 9.59 Å². The molecule has 13 heteroatoms. The van der Waals surface area contributed by atoms with E-state index < -0.39 is 18.1 Å². The van der Waals surface area contributed by atoms with Gasteiger partial charge in [0.15, 0.2) is 6.04 Å². The Bertz CT molecular complexity index is 1150. The van der Waals surface area contributed by atoms with E-state index in [9.17, 15) is 14.4 Å². The average molecular weight is 647 g/mol. The molecule has 2 N–H and O–H groups in total. The maximum atomic E-state index is 12.2. The van der Waals surface area contributed by atoms with Crippen molar-refractivity contribution < 1.29 is 52.3 Å². The first-order valence-corrected chi connectivity index (χ1v) is 15.4. The molecule has 2 amide bonds. The minimum absolute atomic E-state index is 0.00336. The summed E-state index contributed by atoms with van der Waals surface area (Å²) in [6.45, 7) is 6.23. The zero-order valence-electron chi connectivity index (χ0n) is 26.7. The summed E-state index contributed by atoms with van der Waals surface area (Å²) in [4.78, 5) is 34.9. The quantitative estimate of drug-likeness (QED) is 0.128. The molecule has 0 unspecified atom stereocenters. The highest BCUT2D eigenvalue weighted by atomic mass is 16.6. The number of carbonyl (C=O) groups excluding carboxylic acids is 3. The van der Waals surface area contributed by atoms with Crippen LogP contribution in [0.3, 0.4) is 0 Å². The smallest absolute Gasteiger partial charge is 0.407 e. The molecule has 254 valence electrons. The number of alkyl carbamates (subject to hydrolysis) is 1. The second kappa shape index (κ2) is 22.0. The number of carbonyl (C=O) groups is 3. The van der Waals surface area contributed by atoms with Gasteiger partial charge in [-0.15, -0.1) is 0 Å². The van der Waals surface area contributed by atoms with Gasteiger partial charge >= 0.3 is 12.1 Å². The number of nitrogens with one attached hydrogen (secondary N) is 2. The predicted octanol–water partition coefficient (Wildman–Crippen LogP) is 2.30. The van der Waals surface area contributed by atoms with Crippen molar-refractivity contribution in [3.05, 3.63) is 59.7 Å². The standard InChI is InChI=1S/C33H46N2O11/c1-25(36)35-31(32(37)39-2)24-45-22-21-44-20-19-43-18-17-42-16-15-41-14-13-40-12-11-34-33(38)46-23-30-28-9-5-3-7-26(28)27-8-4-6-10-29(27)30/h3-10,30-31H,11-24H2,1-2H3,(H,34,38)(H,35,36)/t31-/m0/s1. The molecule has 0 spiro atoms. The fourth-order valence-electron chi connectivity index (χ4n) is 4.73. The summed E-state index contributed by atoms with van der Waals surface area (Å²) in [6.07, 6.45) is -0.465. The molecule has 1 aliphatic rings. The largest absolute Gasteiger partial charge is 0.467 e. The van der Waals surface area contributed by atoms with Crippen LogP contribution in [-0.2, 0) is 47.5 Å². The number of fused-ring (bicyclic) bond motifs is 3. The van der Waals surface area contributed by atoms with E-state index in [0.717, 1.165) is 0 Å². The van der Waals surface area contributed by atoms with Gasteiger partial charge in [-0.3, -0.25) is 4.79 Å². The zero-order chi connectivity index (χ0) is 32.8. The summed E-state index contributed by atoms with van der Waals surface area (Å²) >= 11 is 0. The van der Waals surface area contributed by atoms with E-state index in [1.54, 1.807) is 0 Å². The summed E-state index contributed by atoms with van der Waals surface area (Å²) in [5, 5.41) is 5.19. The molecule has 0 saturated carbocycles. The number of methoxy groups -OCH3 is 1. The SMILES string of the molecule is COC(=O)[C@H](COCCOCCOCCOCCOCCOCCNC(=O)OCC1c2ccccc2-c2ccccc21)NC(C)=O. The Labute approximate surface area is 270 Å². The minimum atomic E-state index is -0.845. The molecule has 3 rings (SSSR count). The molecule has 0 radical (unpaired) electrons. The van der Waals surface area contributed by atoms with Crippen LogP contribution in [0.1, 0.15) is 24.0 Å². The topological polar surface area (TPSA) is 149 Å². The number of esters is 1. The van der Waals surface area contributed by atoms with Crippen LogP contribution in [0.2, 0.25) is 0 Å². The van der Waals surface area contributed by atoms with E-state index in [2.05, 4.69) is 39.6 Å². The molecule has 0 saturated heterocycles. The molecule has 2 aromatic rings. The molecule has 2 aromatic carbocycles. The lowest BCUT2D eigenvalue weighted by Gasteiger charge is -2.15. The summed E-state index contributed by atoms with van der Waals surface area (Å²) in [5.41, 5.74) is 4.74. The van der Waals surface area contributed by atoms with E-state index >= 15 is 0 Å². The Morgan fingerprint density at radius 2 is 1.13 bits per heavy atom. The highest BCUT2D eigenvalue weighted by molar-refractivity contribution is 5.83. The third-order valence-corrected chi connectivity index (χ3v) is 6.87. The van der Waals surface area contributed by atoms with Gasteiger partial charge in [-0.1, -0.05) is 48.5 Å². The molecule has 1 atom stereocenters. The lowest BCUT2D eigenvalue weighted by molar-refractivity contribution is -0.146. The summed E-state index contributed by atoms with van der Waals surface area (Å²) < 4.78 is 42.8. The molecule has 0 fully saturated rings. The highest BCUT2D eigenvalue weighted by Crippen LogP contribution is 2.44. The van der Waals surface area contributed by atoms with Crippen LogP contribution in [-0.4, -0.2) is 124 Å². The fraction of sp³-hybridized carbons (Fsp3) is 0.545. The molecule has 46 heavy (non-hydrogen) atoms. The molecule has 0 bridgehead atoms. The van der Waals surface area contributed by atoms with Gasteiger partial charge in [0.1, 0.15) is 6.61 Å². The third kappa shape index (κ3) is 13.4. The van der Waals surface area contributed by atoms with Crippen molar-refractivity contribution >= 4 is 18.0 Å². The molecular weight excluding hydrogens is 600 g/mol. The van der Waals surface area contributed by atoms with Crippen LogP contribution in [0.25, 0.3) is 11.1 Å². The molecule has 0 heterocycles. The number of ether oxygens (including phenoxy) is 8. The van der Waals surface area contributed by atoms with Gasteiger partial charge in [0.2, 0.25) is 5.91 Å². The second-order valence-electron chi connectivity index (χ2n) is 10.2. The lowest BCUT2D eigenvalue weighted by atomic mass is 9.98. The summed E-state index contributed by atoms with van der Waals surface area (Å²) in [5.74, 6) is -0.882. The van der Waals surface area contributed by atoms with Crippen LogP contribution in [0, 0.1) is 0 Å². The van der Waals surface area contributed by atoms with Crippen molar-refractivity contribution in [1.29, 1.82) is 0 Å². The van der Waals surface area contributed by atoms with Crippen molar-refractivity contribution in [3.63, 3.8) is 0 Å². The Hall–Kier alpha value is -3.59. The number of hydrogen-bond acceptors (Lipinski definition) is 11. The highest BCUT2D eigenvalue weighted by Gasteiger charge is 2.29. The predicted molar refractivity (Wildman–Crippen MR) is 168 cm³/mol.